The van der Waals surface area contributed by atoms with Crippen LogP contribution in [0.4, 0.5) is 0 Å². The van der Waals surface area contributed by atoms with Gasteiger partial charge in [0.25, 0.3) is 5.56 Å². The van der Waals surface area contributed by atoms with Crippen molar-refractivity contribution in [3.63, 3.8) is 0 Å². The first-order chi connectivity index (χ1) is 16.5. The molecule has 4 aromatic rings. The van der Waals surface area contributed by atoms with E-state index in [2.05, 4.69) is 36.3 Å². The number of carbonyl (C=O) groups is 1. The van der Waals surface area contributed by atoms with Crippen LogP contribution in [0.5, 0.6) is 0 Å². The number of furan rings is 1. The number of rotatable bonds is 4. The monoisotopic (exact) mass is 493 g/mol. The van der Waals surface area contributed by atoms with Gasteiger partial charge in [0.05, 0.1) is 17.6 Å². The van der Waals surface area contributed by atoms with Crippen LogP contribution in [-0.4, -0.2) is 25.3 Å². The van der Waals surface area contributed by atoms with Crippen LogP contribution in [0, 0.1) is 32.1 Å². The van der Waals surface area contributed by atoms with E-state index in [0.717, 1.165) is 41.0 Å². The van der Waals surface area contributed by atoms with Crippen molar-refractivity contribution in [1.82, 2.24) is 19.4 Å². The Morgan fingerprint density at radius 2 is 2.03 bits per heavy atom. The Labute approximate surface area is 207 Å². The van der Waals surface area contributed by atoms with Crippen molar-refractivity contribution in [2.75, 3.05) is 5.43 Å². The molecule has 8 nitrogen and oxygen atoms in total. The van der Waals surface area contributed by atoms with Gasteiger partial charge in [-0.15, -0.1) is 11.3 Å². The van der Waals surface area contributed by atoms with Gasteiger partial charge in [-0.3, -0.25) is 19.7 Å². The maximum absolute atomic E-state index is 13.5. The summed E-state index contributed by atoms with van der Waals surface area (Å²) in [6, 6.07) is 5.35. The maximum Gasteiger partial charge on any atom is 0.305 e. The van der Waals surface area contributed by atoms with E-state index in [1.54, 1.807) is 30.4 Å². The number of hydrogen-bond donors (Lipinski definition) is 1. The van der Waals surface area contributed by atoms with Gasteiger partial charge in [0.2, 0.25) is 0 Å². The summed E-state index contributed by atoms with van der Waals surface area (Å²) in [5, 5.41) is 5.06. The zero-order valence-electron chi connectivity index (χ0n) is 21.1. The molecule has 5 rings (SSSR count). The molecule has 0 radical (unpaired) electrons. The van der Waals surface area contributed by atoms with Crippen molar-refractivity contribution in [2.24, 2.45) is 11.3 Å². The zero-order chi connectivity index (χ0) is 25.1. The molecule has 9 heteroatoms. The largest absolute Gasteiger partial charge is 0.454 e. The molecule has 1 amide bonds. The van der Waals surface area contributed by atoms with Crippen molar-refractivity contribution in [3.8, 4) is 0 Å². The Kier molecular flexibility index (Phi) is 5.70. The molecule has 0 aliphatic heterocycles. The van der Waals surface area contributed by atoms with E-state index in [1.165, 1.54) is 9.55 Å². The van der Waals surface area contributed by atoms with Gasteiger partial charge in [-0.05, 0) is 75.1 Å². The minimum atomic E-state index is -0.493. The van der Waals surface area contributed by atoms with Crippen molar-refractivity contribution >= 4 is 27.5 Å². The van der Waals surface area contributed by atoms with Crippen molar-refractivity contribution in [1.29, 1.82) is 0 Å². The second kappa shape index (κ2) is 8.48. The van der Waals surface area contributed by atoms with E-state index in [1.807, 2.05) is 24.6 Å². The highest BCUT2D eigenvalue weighted by molar-refractivity contribution is 7.18. The molecule has 1 aliphatic carbocycles. The smallest absolute Gasteiger partial charge is 0.305 e. The van der Waals surface area contributed by atoms with Gasteiger partial charge in [0.1, 0.15) is 16.4 Å². The van der Waals surface area contributed by atoms with E-state index in [0.29, 0.717) is 29.4 Å². The third kappa shape index (κ3) is 4.33. The summed E-state index contributed by atoms with van der Waals surface area (Å²) in [5.41, 5.74) is 5.72. The average Bonchev–Trinajstić information content (AvgIpc) is 3.47. The van der Waals surface area contributed by atoms with Crippen LogP contribution in [-0.2, 0) is 19.4 Å². The van der Waals surface area contributed by atoms with Crippen LogP contribution in [0.2, 0.25) is 0 Å². The molecule has 0 saturated carbocycles. The van der Waals surface area contributed by atoms with Crippen LogP contribution >= 0.6 is 11.3 Å². The van der Waals surface area contributed by atoms with E-state index < -0.39 is 5.91 Å². The third-order valence-corrected chi connectivity index (χ3v) is 8.13. The number of fused-ring (bicyclic) bond motifs is 3. The maximum atomic E-state index is 13.5. The molecule has 0 aromatic carbocycles. The predicted octanol–water partition coefficient (Wildman–Crippen LogP) is 4.76. The Morgan fingerprint density at radius 3 is 2.71 bits per heavy atom. The first-order valence-corrected chi connectivity index (χ1v) is 12.8. The quantitative estimate of drug-likeness (QED) is 0.442. The zero-order valence-corrected chi connectivity index (χ0v) is 21.9. The van der Waals surface area contributed by atoms with Gasteiger partial charge in [-0.25, -0.2) is 9.66 Å². The number of hydrogen-bond acceptors (Lipinski definition) is 6. The number of aromatic nitrogens is 4. The van der Waals surface area contributed by atoms with Crippen molar-refractivity contribution in [2.45, 2.75) is 67.3 Å². The van der Waals surface area contributed by atoms with E-state index >= 15 is 0 Å². The highest BCUT2D eigenvalue weighted by Crippen LogP contribution is 2.42. The summed E-state index contributed by atoms with van der Waals surface area (Å²) in [5.74, 6) is 1.27. The molecule has 0 fully saturated rings. The summed E-state index contributed by atoms with van der Waals surface area (Å²) in [6.45, 7) is 12.9. The Bertz CT molecular complexity index is 1500. The van der Waals surface area contributed by atoms with E-state index in [4.69, 9.17) is 4.42 Å². The topological polar surface area (TPSA) is 95.0 Å². The van der Waals surface area contributed by atoms with Gasteiger partial charge in [0, 0.05) is 10.6 Å². The molecule has 184 valence electrons. The first kappa shape index (κ1) is 23.5. The lowest BCUT2D eigenvalue weighted by Gasteiger charge is -2.33. The number of nitrogens with one attached hydrogen (secondary N) is 1. The second-order valence-corrected chi connectivity index (χ2v) is 11.7. The normalized spacial score (nSPS) is 16.0. The molecular formula is C26H31N5O3S. The average molecular weight is 494 g/mol. The molecule has 35 heavy (non-hydrogen) atoms. The van der Waals surface area contributed by atoms with Gasteiger partial charge < -0.3 is 4.42 Å². The molecule has 1 aliphatic rings. The fraction of sp³-hybridized carbons (Fsp3) is 0.462. The molecule has 4 aromatic heterocycles. The lowest BCUT2D eigenvalue weighted by molar-refractivity contribution is 0.0978. The third-order valence-electron chi connectivity index (χ3n) is 6.98. The lowest BCUT2D eigenvalue weighted by atomic mass is 9.72. The van der Waals surface area contributed by atoms with Gasteiger partial charge >= 0.3 is 5.91 Å². The highest BCUT2D eigenvalue weighted by atomic mass is 32.1. The molecule has 4 heterocycles. The first-order valence-electron chi connectivity index (χ1n) is 12.0. The Balaban J connectivity index is 1.41. The molecule has 1 N–H and O–H groups in total. The van der Waals surface area contributed by atoms with Crippen molar-refractivity contribution < 1.29 is 9.21 Å². The van der Waals surface area contributed by atoms with Gasteiger partial charge in [0.15, 0.2) is 5.76 Å². The van der Waals surface area contributed by atoms with Crippen molar-refractivity contribution in [3.05, 3.63) is 67.7 Å². The summed E-state index contributed by atoms with van der Waals surface area (Å²) < 4.78 is 8.84. The van der Waals surface area contributed by atoms with E-state index in [9.17, 15) is 9.59 Å². The van der Waals surface area contributed by atoms with Gasteiger partial charge in [-0.2, -0.15) is 5.10 Å². The molecule has 0 spiro atoms. The predicted molar refractivity (Wildman–Crippen MR) is 137 cm³/mol. The van der Waals surface area contributed by atoms with Gasteiger partial charge in [-0.1, -0.05) is 20.8 Å². The lowest BCUT2D eigenvalue weighted by Crippen LogP contribution is -2.35. The number of nitrogens with zero attached hydrogens (tertiary/aromatic N) is 4. The molecular weight excluding hydrogens is 462 g/mol. The molecule has 0 bridgehead atoms. The summed E-state index contributed by atoms with van der Waals surface area (Å²) in [7, 11) is 0. The fourth-order valence-electron chi connectivity index (χ4n) is 4.92. The van der Waals surface area contributed by atoms with Crippen LogP contribution in [0.15, 0.2) is 27.4 Å². The summed E-state index contributed by atoms with van der Waals surface area (Å²) in [6.07, 6.45) is 2.88. The minimum absolute atomic E-state index is 0.133. The van der Waals surface area contributed by atoms with Crippen LogP contribution < -0.4 is 11.0 Å². The summed E-state index contributed by atoms with van der Waals surface area (Å²) in [4.78, 5) is 33.1. The van der Waals surface area contributed by atoms with Crippen LogP contribution in [0.25, 0.3) is 10.2 Å². The summed E-state index contributed by atoms with van der Waals surface area (Å²) >= 11 is 1.62. The second-order valence-electron chi connectivity index (χ2n) is 10.6. The van der Waals surface area contributed by atoms with Crippen LogP contribution in [0.3, 0.4) is 0 Å². The molecule has 0 saturated heterocycles. The SMILES string of the molecule is Cc1cc(C)n(Cc2ccc(C(=O)Nn3c(C)nc4sc5c(c4c3=O)CC[C@H](C(C)(C)C)C5)o2)n1. The number of carbonyl (C=O) groups excluding carboxylic acids is 1. The number of amides is 1. The van der Waals surface area contributed by atoms with E-state index in [-0.39, 0.29) is 16.7 Å². The minimum Gasteiger partial charge on any atom is -0.454 e. The number of aryl methyl sites for hydroxylation is 4. The Morgan fingerprint density at radius 1 is 1.26 bits per heavy atom. The molecule has 1 atom stereocenters. The standard InChI is InChI=1S/C26H31N5O3S/c1-14-11-15(2)30(28-14)13-18-8-10-20(34-18)23(32)29-31-16(3)27-24-22(25(31)33)19-9-7-17(26(4,5)6)12-21(19)35-24/h8,10-11,17H,7,9,12-13H2,1-6H3,(H,29,32)/t17-/m0/s1. The fourth-order valence-corrected chi connectivity index (χ4v) is 6.26. The Hall–Kier alpha value is -3.20. The molecule has 0 unspecified atom stereocenters. The number of thiophene rings is 1. The highest BCUT2D eigenvalue weighted by Gasteiger charge is 2.32. The van der Waals surface area contributed by atoms with Crippen LogP contribution in [0.1, 0.15) is 71.2 Å².